The SMILES string of the molecule is COc1ccc([C@H]2C(C#N)=C3N=C(N)c4ccccc4N3C3=C2C(=O)CC(C)(C)C3)cc1OC. The molecule has 1 aliphatic carbocycles. The van der Waals surface area contributed by atoms with Crippen LogP contribution in [0, 0.1) is 16.7 Å². The van der Waals surface area contributed by atoms with E-state index in [1.807, 2.05) is 41.3 Å². The molecule has 2 heterocycles. The Kier molecular flexibility index (Phi) is 4.98. The minimum absolute atomic E-state index is 0.0397. The Morgan fingerprint density at radius 3 is 2.56 bits per heavy atom. The molecule has 5 rings (SSSR count). The maximum atomic E-state index is 13.7. The van der Waals surface area contributed by atoms with Crippen LogP contribution in [0.15, 0.2) is 70.1 Å². The molecule has 0 saturated heterocycles. The molecule has 0 fully saturated rings. The third-order valence-electron chi connectivity index (χ3n) is 6.71. The first kappa shape index (κ1) is 21.8. The standard InChI is InChI=1S/C27H26N4O3/c1-27(2)12-19-24(20(32)13-27)23(15-9-10-21(33-3)22(11-15)34-4)17(14-28)26-30-25(29)16-7-5-6-8-18(16)31(19)26/h5-11,23H,12-13H2,1-4H3,(H2,29,30)/t23-/m0/s1. The number of fused-ring (bicyclic) bond motifs is 4. The van der Waals surface area contributed by atoms with Crippen LogP contribution >= 0.6 is 0 Å². The lowest BCUT2D eigenvalue weighted by molar-refractivity contribution is -0.118. The summed E-state index contributed by atoms with van der Waals surface area (Å²) in [7, 11) is 3.14. The van der Waals surface area contributed by atoms with Crippen LogP contribution in [0.25, 0.3) is 0 Å². The van der Waals surface area contributed by atoms with Crippen LogP contribution in [0.4, 0.5) is 5.69 Å². The number of methoxy groups -OCH3 is 2. The molecule has 2 N–H and O–H groups in total. The van der Waals surface area contributed by atoms with Gasteiger partial charge >= 0.3 is 0 Å². The lowest BCUT2D eigenvalue weighted by Gasteiger charge is -2.45. The number of ketones is 1. The lowest BCUT2D eigenvalue weighted by Crippen LogP contribution is -2.42. The summed E-state index contributed by atoms with van der Waals surface area (Å²) in [6.07, 6.45) is 1.08. The predicted octanol–water partition coefficient (Wildman–Crippen LogP) is 4.40. The van der Waals surface area contributed by atoms with Crippen molar-refractivity contribution in [2.75, 3.05) is 19.1 Å². The Labute approximate surface area is 198 Å². The number of aliphatic imine (C=N–C) groups is 1. The highest BCUT2D eigenvalue weighted by molar-refractivity contribution is 6.08. The Morgan fingerprint density at radius 1 is 1.12 bits per heavy atom. The molecule has 0 radical (unpaired) electrons. The Hall–Kier alpha value is -4.05. The number of rotatable bonds is 3. The first-order valence-corrected chi connectivity index (χ1v) is 11.2. The molecule has 0 aromatic heterocycles. The average molecular weight is 455 g/mol. The molecule has 7 nitrogen and oxygen atoms in total. The number of Topliss-reactive ketones (excluding diaryl/α,β-unsaturated/α-hetero) is 1. The van der Waals surface area contributed by atoms with Crippen molar-refractivity contribution in [1.82, 2.24) is 0 Å². The molecule has 0 bridgehead atoms. The van der Waals surface area contributed by atoms with Crippen molar-refractivity contribution < 1.29 is 14.3 Å². The van der Waals surface area contributed by atoms with E-state index in [0.29, 0.717) is 47.1 Å². The Balaban J connectivity index is 1.83. The first-order valence-electron chi connectivity index (χ1n) is 11.2. The van der Waals surface area contributed by atoms with Crippen LogP contribution in [0.1, 0.15) is 43.7 Å². The number of benzene rings is 2. The number of anilines is 1. The second-order valence-corrected chi connectivity index (χ2v) is 9.55. The number of nitrogens with two attached hydrogens (primary N) is 1. The minimum atomic E-state index is -0.573. The number of hydrogen-bond acceptors (Lipinski definition) is 7. The molecule has 0 saturated carbocycles. The molecule has 0 spiro atoms. The summed E-state index contributed by atoms with van der Waals surface area (Å²) in [5.41, 5.74) is 10.4. The molecule has 3 aliphatic rings. The number of para-hydroxylation sites is 1. The molecular weight excluding hydrogens is 428 g/mol. The van der Waals surface area contributed by atoms with E-state index in [2.05, 4.69) is 24.9 Å². The van der Waals surface area contributed by atoms with Crippen molar-refractivity contribution in [3.05, 3.63) is 76.3 Å². The second kappa shape index (κ2) is 7.77. The van der Waals surface area contributed by atoms with Crippen LogP contribution in [0.3, 0.4) is 0 Å². The van der Waals surface area contributed by atoms with Gasteiger partial charge in [-0.1, -0.05) is 32.0 Å². The van der Waals surface area contributed by atoms with Crippen LogP contribution in [0.2, 0.25) is 0 Å². The van der Waals surface area contributed by atoms with E-state index in [4.69, 9.17) is 15.2 Å². The third-order valence-corrected chi connectivity index (χ3v) is 6.71. The normalized spacial score (nSPS) is 20.7. The summed E-state index contributed by atoms with van der Waals surface area (Å²) in [6.45, 7) is 4.19. The number of ether oxygens (including phenoxy) is 2. The van der Waals surface area contributed by atoms with E-state index in [0.717, 1.165) is 22.5 Å². The number of amidine groups is 1. The van der Waals surface area contributed by atoms with Gasteiger partial charge in [0.15, 0.2) is 23.1 Å². The van der Waals surface area contributed by atoms with Crippen LogP contribution < -0.4 is 20.1 Å². The zero-order chi connectivity index (χ0) is 24.2. The summed E-state index contributed by atoms with van der Waals surface area (Å²) in [5, 5.41) is 10.4. The van der Waals surface area contributed by atoms with Crippen molar-refractivity contribution in [3.63, 3.8) is 0 Å². The Morgan fingerprint density at radius 2 is 1.85 bits per heavy atom. The summed E-state index contributed by atoms with van der Waals surface area (Å²) >= 11 is 0. The van der Waals surface area contributed by atoms with Gasteiger partial charge in [-0.05, 0) is 41.7 Å². The molecule has 172 valence electrons. The Bertz CT molecular complexity index is 1360. The number of hydrogen-bond donors (Lipinski definition) is 1. The zero-order valence-corrected chi connectivity index (χ0v) is 19.7. The highest BCUT2D eigenvalue weighted by atomic mass is 16.5. The average Bonchev–Trinajstić information content (AvgIpc) is 2.82. The molecule has 7 heteroatoms. The lowest BCUT2D eigenvalue weighted by atomic mass is 9.68. The molecule has 1 atom stereocenters. The number of carbonyl (C=O) groups is 1. The quantitative estimate of drug-likeness (QED) is 0.737. The topological polar surface area (TPSA) is 101 Å². The highest BCUT2D eigenvalue weighted by Crippen LogP contribution is 2.53. The van der Waals surface area contributed by atoms with E-state index in [1.165, 1.54) is 0 Å². The van der Waals surface area contributed by atoms with Gasteiger partial charge in [-0.2, -0.15) is 5.26 Å². The highest BCUT2D eigenvalue weighted by Gasteiger charge is 2.46. The molecule has 0 amide bonds. The van der Waals surface area contributed by atoms with Gasteiger partial charge < -0.3 is 15.2 Å². The number of nitriles is 1. The maximum absolute atomic E-state index is 13.7. The van der Waals surface area contributed by atoms with Gasteiger partial charge in [-0.25, -0.2) is 4.99 Å². The van der Waals surface area contributed by atoms with Gasteiger partial charge in [-0.15, -0.1) is 0 Å². The van der Waals surface area contributed by atoms with Gasteiger partial charge in [0, 0.05) is 23.3 Å². The van der Waals surface area contributed by atoms with E-state index < -0.39 is 5.92 Å². The van der Waals surface area contributed by atoms with Gasteiger partial charge in [0.25, 0.3) is 0 Å². The molecule has 34 heavy (non-hydrogen) atoms. The second-order valence-electron chi connectivity index (χ2n) is 9.55. The minimum Gasteiger partial charge on any atom is -0.493 e. The summed E-state index contributed by atoms with van der Waals surface area (Å²) in [4.78, 5) is 20.3. The van der Waals surface area contributed by atoms with E-state index >= 15 is 0 Å². The molecule has 2 aliphatic heterocycles. The van der Waals surface area contributed by atoms with Crippen molar-refractivity contribution in [3.8, 4) is 17.6 Å². The third kappa shape index (κ3) is 3.18. The van der Waals surface area contributed by atoms with Gasteiger partial charge in [0.2, 0.25) is 0 Å². The number of nitrogens with zero attached hydrogens (tertiary/aromatic N) is 3. The fraction of sp³-hybridized carbons (Fsp3) is 0.296. The van der Waals surface area contributed by atoms with Crippen LogP contribution in [0.5, 0.6) is 11.5 Å². The van der Waals surface area contributed by atoms with Crippen molar-refractivity contribution in [1.29, 1.82) is 5.26 Å². The van der Waals surface area contributed by atoms with Gasteiger partial charge in [0.05, 0.1) is 37.5 Å². The maximum Gasteiger partial charge on any atom is 0.162 e. The predicted molar refractivity (Wildman–Crippen MR) is 130 cm³/mol. The number of allylic oxidation sites excluding steroid dienone is 3. The fourth-order valence-corrected chi connectivity index (χ4v) is 5.26. The van der Waals surface area contributed by atoms with Crippen molar-refractivity contribution in [2.45, 2.75) is 32.6 Å². The zero-order valence-electron chi connectivity index (χ0n) is 19.7. The fourth-order valence-electron chi connectivity index (χ4n) is 5.26. The molecule has 0 unspecified atom stereocenters. The summed E-state index contributed by atoms with van der Waals surface area (Å²) in [6, 6.07) is 15.6. The van der Waals surface area contributed by atoms with Gasteiger partial charge in [0.1, 0.15) is 5.84 Å². The van der Waals surface area contributed by atoms with E-state index in [9.17, 15) is 10.1 Å². The van der Waals surface area contributed by atoms with Crippen LogP contribution in [-0.4, -0.2) is 25.8 Å². The van der Waals surface area contributed by atoms with E-state index in [-0.39, 0.29) is 11.2 Å². The molecular formula is C27H26N4O3. The van der Waals surface area contributed by atoms with E-state index in [1.54, 1.807) is 20.3 Å². The summed E-state index contributed by atoms with van der Waals surface area (Å²) < 4.78 is 10.9. The van der Waals surface area contributed by atoms with Crippen LogP contribution in [-0.2, 0) is 4.79 Å². The first-order chi connectivity index (χ1) is 16.3. The summed E-state index contributed by atoms with van der Waals surface area (Å²) in [5.74, 6) is 1.41. The van der Waals surface area contributed by atoms with Crippen molar-refractivity contribution in [2.24, 2.45) is 16.1 Å². The van der Waals surface area contributed by atoms with Gasteiger partial charge in [-0.3, -0.25) is 9.69 Å². The largest absolute Gasteiger partial charge is 0.493 e. The smallest absolute Gasteiger partial charge is 0.162 e. The molecule has 2 aromatic rings. The molecule has 2 aromatic carbocycles. The monoisotopic (exact) mass is 454 g/mol. The number of carbonyl (C=O) groups excluding carboxylic acids is 1. The van der Waals surface area contributed by atoms with Crippen molar-refractivity contribution >= 4 is 17.3 Å².